The zero-order valence-corrected chi connectivity index (χ0v) is 13.5. The van der Waals surface area contributed by atoms with E-state index in [-0.39, 0.29) is 0 Å². The van der Waals surface area contributed by atoms with Crippen LogP contribution in [0.5, 0.6) is 0 Å². The summed E-state index contributed by atoms with van der Waals surface area (Å²) < 4.78 is 1.82. The van der Waals surface area contributed by atoms with Gasteiger partial charge < -0.3 is 5.32 Å². The van der Waals surface area contributed by atoms with Gasteiger partial charge >= 0.3 is 0 Å². The van der Waals surface area contributed by atoms with E-state index in [2.05, 4.69) is 41.2 Å². The van der Waals surface area contributed by atoms with Crippen molar-refractivity contribution in [3.63, 3.8) is 0 Å². The zero-order valence-electron chi connectivity index (χ0n) is 13.5. The maximum absolute atomic E-state index is 4.71. The van der Waals surface area contributed by atoms with Crippen LogP contribution in [-0.4, -0.2) is 31.3 Å². The Bertz CT molecular complexity index is 602. The van der Waals surface area contributed by atoms with Crippen LogP contribution in [0.15, 0.2) is 6.20 Å². The van der Waals surface area contributed by atoms with Crippen molar-refractivity contribution in [3.8, 4) is 5.69 Å². The summed E-state index contributed by atoms with van der Waals surface area (Å²) in [4.78, 5) is 13.5. The van der Waals surface area contributed by atoms with Gasteiger partial charge in [-0.05, 0) is 26.8 Å². The van der Waals surface area contributed by atoms with Crippen LogP contribution in [-0.2, 0) is 6.54 Å². The molecule has 21 heavy (non-hydrogen) atoms. The van der Waals surface area contributed by atoms with E-state index in [1.54, 1.807) is 0 Å². The molecule has 0 aliphatic rings. The summed E-state index contributed by atoms with van der Waals surface area (Å²) >= 11 is 0. The molecule has 0 spiro atoms. The van der Waals surface area contributed by atoms with Crippen molar-refractivity contribution in [2.45, 2.75) is 53.5 Å². The Hall–Kier alpha value is -1.82. The molecule has 0 radical (unpaired) electrons. The monoisotopic (exact) mass is 288 g/mol. The van der Waals surface area contributed by atoms with E-state index in [1.165, 1.54) is 0 Å². The first-order chi connectivity index (χ1) is 10.0. The van der Waals surface area contributed by atoms with Crippen molar-refractivity contribution in [1.82, 2.24) is 30.0 Å². The normalized spacial score (nSPS) is 11.3. The molecular formula is C15H24N6. The quantitative estimate of drug-likeness (QED) is 0.826. The number of hydrogen-bond acceptors (Lipinski definition) is 5. The second kappa shape index (κ2) is 6.76. The maximum Gasteiger partial charge on any atom is 0.148 e. The molecule has 0 fully saturated rings. The van der Waals surface area contributed by atoms with Crippen molar-refractivity contribution in [2.24, 2.45) is 0 Å². The first-order valence-corrected chi connectivity index (χ1v) is 7.50. The molecule has 2 aromatic heterocycles. The summed E-state index contributed by atoms with van der Waals surface area (Å²) in [6, 6.07) is 0. The van der Waals surface area contributed by atoms with Crippen LogP contribution >= 0.6 is 0 Å². The summed E-state index contributed by atoms with van der Waals surface area (Å²) in [6.07, 6.45) is 2.95. The van der Waals surface area contributed by atoms with Crippen LogP contribution in [0.4, 0.5) is 0 Å². The topological polar surface area (TPSA) is 68.5 Å². The summed E-state index contributed by atoms with van der Waals surface area (Å²) in [7, 11) is 0. The molecule has 0 aliphatic heterocycles. The van der Waals surface area contributed by atoms with Crippen molar-refractivity contribution in [2.75, 3.05) is 6.54 Å². The van der Waals surface area contributed by atoms with E-state index in [4.69, 9.17) is 4.98 Å². The Morgan fingerprint density at radius 1 is 1.24 bits per heavy atom. The van der Waals surface area contributed by atoms with E-state index < -0.39 is 0 Å². The van der Waals surface area contributed by atoms with Gasteiger partial charge in [-0.3, -0.25) is 0 Å². The Kier molecular flexibility index (Phi) is 5.01. The minimum atomic E-state index is 0.308. The Morgan fingerprint density at radius 2 is 2.00 bits per heavy atom. The molecule has 0 bridgehead atoms. The van der Waals surface area contributed by atoms with Gasteiger partial charge in [0.2, 0.25) is 0 Å². The van der Waals surface area contributed by atoms with Gasteiger partial charge in [0.15, 0.2) is 0 Å². The molecule has 0 atom stereocenters. The number of rotatable bonds is 6. The Labute approximate surface area is 126 Å². The molecule has 0 unspecified atom stereocenters. The zero-order chi connectivity index (χ0) is 15.4. The van der Waals surface area contributed by atoms with Gasteiger partial charge in [0.1, 0.15) is 23.2 Å². The van der Waals surface area contributed by atoms with Gasteiger partial charge in [-0.2, -0.15) is 5.10 Å². The van der Waals surface area contributed by atoms with E-state index in [0.717, 1.165) is 41.8 Å². The molecule has 0 saturated carbocycles. The average Bonchev–Trinajstić information content (AvgIpc) is 2.77. The second-order valence-electron chi connectivity index (χ2n) is 5.51. The first kappa shape index (κ1) is 15.6. The van der Waals surface area contributed by atoms with Gasteiger partial charge in [0, 0.05) is 12.5 Å². The van der Waals surface area contributed by atoms with E-state index in [0.29, 0.717) is 12.5 Å². The van der Waals surface area contributed by atoms with Crippen molar-refractivity contribution < 1.29 is 0 Å². The van der Waals surface area contributed by atoms with Gasteiger partial charge in [-0.15, -0.1) is 0 Å². The highest BCUT2D eigenvalue weighted by Gasteiger charge is 2.14. The van der Waals surface area contributed by atoms with Crippen LogP contribution in [0.3, 0.4) is 0 Å². The number of hydrogen-bond donors (Lipinski definition) is 1. The second-order valence-corrected chi connectivity index (χ2v) is 5.51. The fourth-order valence-corrected chi connectivity index (χ4v) is 2.14. The highest BCUT2D eigenvalue weighted by Crippen LogP contribution is 2.16. The summed E-state index contributed by atoms with van der Waals surface area (Å²) in [5.74, 6) is 2.78. The highest BCUT2D eigenvalue weighted by atomic mass is 15.4. The van der Waals surface area contributed by atoms with Crippen molar-refractivity contribution in [3.05, 3.63) is 29.4 Å². The molecule has 114 valence electrons. The average molecular weight is 288 g/mol. The number of nitrogens with one attached hydrogen (secondary N) is 1. The highest BCUT2D eigenvalue weighted by molar-refractivity contribution is 5.34. The van der Waals surface area contributed by atoms with Crippen LogP contribution in [0.2, 0.25) is 0 Å². The van der Waals surface area contributed by atoms with Crippen LogP contribution in [0.1, 0.15) is 56.3 Å². The minimum Gasteiger partial charge on any atom is -0.311 e. The molecule has 2 rings (SSSR count). The summed E-state index contributed by atoms with van der Waals surface area (Å²) in [5.41, 5.74) is 1.87. The van der Waals surface area contributed by atoms with E-state index in [1.807, 2.05) is 24.7 Å². The largest absolute Gasteiger partial charge is 0.311 e. The fourth-order valence-electron chi connectivity index (χ4n) is 2.14. The summed E-state index contributed by atoms with van der Waals surface area (Å²) in [6.45, 7) is 11.9. The molecule has 6 heteroatoms. The molecule has 0 aliphatic carbocycles. The lowest BCUT2D eigenvalue weighted by molar-refractivity contribution is 0.642. The lowest BCUT2D eigenvalue weighted by Crippen LogP contribution is -2.19. The van der Waals surface area contributed by atoms with Crippen LogP contribution in [0, 0.1) is 13.8 Å². The third-order valence-corrected chi connectivity index (χ3v) is 3.20. The van der Waals surface area contributed by atoms with Crippen LogP contribution < -0.4 is 5.32 Å². The lowest BCUT2D eigenvalue weighted by Gasteiger charge is -2.13. The van der Waals surface area contributed by atoms with Crippen LogP contribution in [0.25, 0.3) is 5.69 Å². The molecule has 2 aromatic rings. The third-order valence-electron chi connectivity index (χ3n) is 3.20. The fraction of sp³-hybridized carbons (Fsp3) is 0.600. The molecule has 2 heterocycles. The number of nitrogens with zero attached hydrogens (tertiary/aromatic N) is 5. The molecule has 0 saturated heterocycles. The minimum absolute atomic E-state index is 0.308. The lowest BCUT2D eigenvalue weighted by atomic mass is 10.2. The summed E-state index contributed by atoms with van der Waals surface area (Å²) in [5, 5.41) is 7.84. The van der Waals surface area contributed by atoms with Crippen molar-refractivity contribution >= 4 is 0 Å². The van der Waals surface area contributed by atoms with Crippen molar-refractivity contribution in [1.29, 1.82) is 0 Å². The number of aryl methyl sites for hydroxylation is 2. The predicted molar refractivity (Wildman–Crippen MR) is 82.5 cm³/mol. The maximum atomic E-state index is 4.71. The molecule has 1 N–H and O–H groups in total. The van der Waals surface area contributed by atoms with Gasteiger partial charge in [-0.25, -0.2) is 19.6 Å². The number of aromatic nitrogens is 5. The smallest absolute Gasteiger partial charge is 0.148 e. The Balaban J connectivity index is 2.41. The van der Waals surface area contributed by atoms with E-state index in [9.17, 15) is 0 Å². The SMILES string of the molecule is CCCNCc1nc(C(C)C)ncc1-n1nc(C)nc1C. The molecule has 0 amide bonds. The van der Waals surface area contributed by atoms with Gasteiger partial charge in [0.25, 0.3) is 0 Å². The Morgan fingerprint density at radius 3 is 2.57 bits per heavy atom. The first-order valence-electron chi connectivity index (χ1n) is 7.50. The standard InChI is InChI=1S/C15H24N6/c1-6-7-16-8-13-14(9-17-15(19-13)10(2)3)21-12(5)18-11(4)20-21/h9-10,16H,6-8H2,1-5H3. The third kappa shape index (κ3) is 3.64. The van der Waals surface area contributed by atoms with Gasteiger partial charge in [0.05, 0.1) is 11.9 Å². The predicted octanol–water partition coefficient (Wildman–Crippen LogP) is 2.30. The van der Waals surface area contributed by atoms with E-state index >= 15 is 0 Å². The van der Waals surface area contributed by atoms with Gasteiger partial charge in [-0.1, -0.05) is 20.8 Å². The molecular weight excluding hydrogens is 264 g/mol. The molecule has 0 aromatic carbocycles. The molecule has 6 nitrogen and oxygen atoms in total.